The van der Waals surface area contributed by atoms with E-state index < -0.39 is 0 Å². The molecule has 0 unspecified atom stereocenters. The van der Waals surface area contributed by atoms with E-state index in [0.29, 0.717) is 0 Å². The summed E-state index contributed by atoms with van der Waals surface area (Å²) >= 11 is 3.47. The Morgan fingerprint density at radius 3 is 2.58 bits per heavy atom. The predicted octanol–water partition coefficient (Wildman–Crippen LogP) is 3.37. The molecule has 1 nitrogen and oxygen atoms in total. The second-order valence-electron chi connectivity index (χ2n) is 2.97. The Morgan fingerprint density at radius 2 is 2.08 bits per heavy atom. The summed E-state index contributed by atoms with van der Waals surface area (Å²) in [6.07, 6.45) is 0. The zero-order valence-corrected chi connectivity index (χ0v) is 8.90. The summed E-state index contributed by atoms with van der Waals surface area (Å²) in [7, 11) is 0. The molecule has 1 aromatic carbocycles. The highest BCUT2D eigenvalue weighted by molar-refractivity contribution is 9.10. The lowest BCUT2D eigenvalue weighted by Gasteiger charge is -2.07. The third-order valence-electron chi connectivity index (χ3n) is 1.82. The van der Waals surface area contributed by atoms with E-state index in [4.69, 9.17) is 5.73 Å². The van der Waals surface area contributed by atoms with Crippen LogP contribution in [0.5, 0.6) is 0 Å². The first-order valence-electron chi connectivity index (χ1n) is 3.74. The number of rotatable bonds is 1. The van der Waals surface area contributed by atoms with Gasteiger partial charge >= 0.3 is 0 Å². The van der Waals surface area contributed by atoms with Crippen LogP contribution in [-0.2, 0) is 0 Å². The first kappa shape index (κ1) is 9.33. The summed E-state index contributed by atoms with van der Waals surface area (Å²) in [5, 5.41) is 0. The van der Waals surface area contributed by atoms with Gasteiger partial charge in [0.2, 0.25) is 0 Å². The number of hydrogen-bond acceptors (Lipinski definition) is 1. The van der Waals surface area contributed by atoms with Crippen molar-refractivity contribution in [2.75, 3.05) is 5.73 Å². The van der Waals surface area contributed by atoms with Gasteiger partial charge in [0.05, 0.1) is 0 Å². The highest BCUT2D eigenvalue weighted by atomic mass is 79.9. The Bertz CT molecular complexity index is 329. The maximum atomic E-state index is 5.77. The second-order valence-corrected chi connectivity index (χ2v) is 3.82. The van der Waals surface area contributed by atoms with Crippen molar-refractivity contribution >= 4 is 27.2 Å². The molecule has 1 aromatic rings. The van der Waals surface area contributed by atoms with Gasteiger partial charge in [-0.25, -0.2) is 0 Å². The van der Waals surface area contributed by atoms with Gasteiger partial charge < -0.3 is 5.73 Å². The Balaban J connectivity index is 3.33. The van der Waals surface area contributed by atoms with Gasteiger partial charge in [0.25, 0.3) is 0 Å². The van der Waals surface area contributed by atoms with Gasteiger partial charge in [-0.15, -0.1) is 0 Å². The molecule has 64 valence electrons. The smallest absolute Gasteiger partial charge is 0.0350 e. The molecule has 0 saturated heterocycles. The molecule has 1 rings (SSSR count). The molecule has 2 N–H and O–H groups in total. The lowest BCUT2D eigenvalue weighted by atomic mass is 10.1. The normalized spacial score (nSPS) is 9.92. The molecule has 2 heteroatoms. The third kappa shape index (κ3) is 1.69. The third-order valence-corrected chi connectivity index (χ3v) is 2.47. The van der Waals surface area contributed by atoms with Gasteiger partial charge in [0.15, 0.2) is 0 Å². The van der Waals surface area contributed by atoms with Crippen molar-refractivity contribution in [3.63, 3.8) is 0 Å². The molecule has 0 spiro atoms. The molecule has 0 aliphatic rings. The van der Waals surface area contributed by atoms with Crippen LogP contribution < -0.4 is 5.73 Å². The highest BCUT2D eigenvalue weighted by Gasteiger charge is 2.03. The Kier molecular flexibility index (Phi) is 2.58. The van der Waals surface area contributed by atoms with Crippen LogP contribution in [-0.4, -0.2) is 0 Å². The number of allylic oxidation sites excluding steroid dienone is 1. The average molecular weight is 226 g/mol. The zero-order chi connectivity index (χ0) is 9.30. The van der Waals surface area contributed by atoms with Gasteiger partial charge in [-0.1, -0.05) is 22.5 Å². The van der Waals surface area contributed by atoms with Crippen LogP contribution in [0.4, 0.5) is 5.69 Å². The minimum absolute atomic E-state index is 0.816. The number of hydrogen-bond donors (Lipinski definition) is 1. The van der Waals surface area contributed by atoms with E-state index in [2.05, 4.69) is 22.5 Å². The van der Waals surface area contributed by atoms with Gasteiger partial charge in [-0.2, -0.15) is 0 Å². The highest BCUT2D eigenvalue weighted by Crippen LogP contribution is 2.27. The Hall–Kier alpha value is -0.760. The summed E-state index contributed by atoms with van der Waals surface area (Å²) < 4.78 is 1.06. The van der Waals surface area contributed by atoms with Crippen molar-refractivity contribution in [1.82, 2.24) is 0 Å². The Morgan fingerprint density at radius 1 is 1.50 bits per heavy atom. The van der Waals surface area contributed by atoms with E-state index in [1.54, 1.807) is 0 Å². The number of nitrogens with two attached hydrogens (primary N) is 1. The predicted molar refractivity (Wildman–Crippen MR) is 58.0 cm³/mol. The number of benzene rings is 1. The number of nitrogen functional groups attached to an aromatic ring is 1. The number of halogens is 1. The summed E-state index contributed by atoms with van der Waals surface area (Å²) in [5.41, 5.74) is 9.77. The van der Waals surface area contributed by atoms with Crippen molar-refractivity contribution in [3.8, 4) is 0 Å². The van der Waals surface area contributed by atoms with Gasteiger partial charge in [0, 0.05) is 10.2 Å². The largest absolute Gasteiger partial charge is 0.398 e. The van der Waals surface area contributed by atoms with E-state index in [1.807, 2.05) is 26.0 Å². The number of anilines is 1. The van der Waals surface area contributed by atoms with E-state index in [-0.39, 0.29) is 0 Å². The molecular weight excluding hydrogens is 214 g/mol. The molecular formula is C10H12BrN. The van der Waals surface area contributed by atoms with Crippen LogP contribution in [0.25, 0.3) is 5.57 Å². The fraction of sp³-hybridized carbons (Fsp3) is 0.200. The molecule has 0 atom stereocenters. The molecule has 0 aliphatic heterocycles. The molecule has 12 heavy (non-hydrogen) atoms. The second kappa shape index (κ2) is 3.31. The van der Waals surface area contributed by atoms with E-state index in [0.717, 1.165) is 26.9 Å². The first-order chi connectivity index (χ1) is 5.52. The lowest BCUT2D eigenvalue weighted by molar-refractivity contribution is 1.42. The van der Waals surface area contributed by atoms with Crippen LogP contribution >= 0.6 is 15.9 Å². The quantitative estimate of drug-likeness (QED) is 0.730. The van der Waals surface area contributed by atoms with Crippen molar-refractivity contribution in [3.05, 3.63) is 34.3 Å². The summed E-state index contributed by atoms with van der Waals surface area (Å²) in [5.74, 6) is 0. The monoisotopic (exact) mass is 225 g/mol. The molecule has 0 aromatic heterocycles. The van der Waals surface area contributed by atoms with Crippen LogP contribution in [0.1, 0.15) is 18.1 Å². The average Bonchev–Trinajstić information content (AvgIpc) is 1.96. The van der Waals surface area contributed by atoms with Crippen LogP contribution in [0.2, 0.25) is 0 Å². The standard InChI is InChI=1S/C10H12BrN/c1-6(2)8-5-10(12)7(3)4-9(8)11/h4-5H,1,12H2,2-3H3. The molecule has 0 fully saturated rings. The topological polar surface area (TPSA) is 26.0 Å². The molecule has 0 saturated carbocycles. The Labute approximate surface area is 81.4 Å². The molecule has 0 amide bonds. The maximum absolute atomic E-state index is 5.77. The minimum Gasteiger partial charge on any atom is -0.398 e. The van der Waals surface area contributed by atoms with Gasteiger partial charge in [-0.3, -0.25) is 0 Å². The van der Waals surface area contributed by atoms with Gasteiger partial charge in [0.1, 0.15) is 0 Å². The fourth-order valence-electron chi connectivity index (χ4n) is 1.02. The molecule has 0 heterocycles. The summed E-state index contributed by atoms with van der Waals surface area (Å²) in [4.78, 5) is 0. The van der Waals surface area contributed by atoms with Crippen molar-refractivity contribution in [2.24, 2.45) is 0 Å². The summed E-state index contributed by atoms with van der Waals surface area (Å²) in [6, 6.07) is 3.96. The maximum Gasteiger partial charge on any atom is 0.0350 e. The molecule has 0 radical (unpaired) electrons. The van der Waals surface area contributed by atoms with Crippen molar-refractivity contribution in [1.29, 1.82) is 0 Å². The summed E-state index contributed by atoms with van der Waals surface area (Å²) in [6.45, 7) is 7.83. The minimum atomic E-state index is 0.816. The van der Waals surface area contributed by atoms with Crippen LogP contribution in [0.15, 0.2) is 23.2 Å². The van der Waals surface area contributed by atoms with Crippen molar-refractivity contribution in [2.45, 2.75) is 13.8 Å². The van der Waals surface area contributed by atoms with Gasteiger partial charge in [-0.05, 0) is 42.7 Å². The molecule has 0 bridgehead atoms. The van der Waals surface area contributed by atoms with Crippen LogP contribution in [0, 0.1) is 6.92 Å². The zero-order valence-electron chi connectivity index (χ0n) is 7.32. The fourth-order valence-corrected chi connectivity index (χ4v) is 1.81. The first-order valence-corrected chi connectivity index (χ1v) is 4.53. The SMILES string of the molecule is C=C(C)c1cc(N)c(C)cc1Br. The van der Waals surface area contributed by atoms with Crippen molar-refractivity contribution < 1.29 is 0 Å². The van der Waals surface area contributed by atoms with E-state index >= 15 is 0 Å². The lowest BCUT2D eigenvalue weighted by Crippen LogP contribution is -1.92. The van der Waals surface area contributed by atoms with Crippen LogP contribution in [0.3, 0.4) is 0 Å². The van der Waals surface area contributed by atoms with E-state index in [9.17, 15) is 0 Å². The molecule has 0 aliphatic carbocycles. The van der Waals surface area contributed by atoms with E-state index in [1.165, 1.54) is 0 Å². The number of aryl methyl sites for hydroxylation is 1.